The van der Waals surface area contributed by atoms with Gasteiger partial charge in [0.25, 0.3) is 0 Å². The highest BCUT2D eigenvalue weighted by molar-refractivity contribution is 5.90. The third kappa shape index (κ3) is 6.12. The van der Waals surface area contributed by atoms with Crippen LogP contribution in [0, 0.1) is 6.92 Å². The smallest absolute Gasteiger partial charge is 0.227 e. The maximum Gasteiger partial charge on any atom is 0.227 e. The summed E-state index contributed by atoms with van der Waals surface area (Å²) in [4.78, 5) is 12.0. The Morgan fingerprint density at radius 1 is 1.13 bits per heavy atom. The second-order valence-corrected chi connectivity index (χ2v) is 5.44. The Balaban J connectivity index is 1.78. The molecular weight excluding hydrogens is 288 g/mol. The zero-order chi connectivity index (χ0) is 16.5. The molecule has 1 amide bonds. The molecule has 0 unspecified atom stereocenters. The number of rotatable bonds is 8. The van der Waals surface area contributed by atoms with Crippen molar-refractivity contribution in [3.63, 3.8) is 0 Å². The van der Waals surface area contributed by atoms with Crippen LogP contribution in [-0.4, -0.2) is 19.1 Å². The average Bonchev–Trinajstić information content (AvgIpc) is 2.53. The van der Waals surface area contributed by atoms with Gasteiger partial charge in [0.05, 0.1) is 13.0 Å². The Morgan fingerprint density at radius 3 is 2.74 bits per heavy atom. The largest absolute Gasteiger partial charge is 0.493 e. The molecule has 0 aliphatic heterocycles. The van der Waals surface area contributed by atoms with Gasteiger partial charge in [0.15, 0.2) is 0 Å². The van der Waals surface area contributed by atoms with E-state index in [-0.39, 0.29) is 5.91 Å². The van der Waals surface area contributed by atoms with Crippen LogP contribution in [0.25, 0.3) is 0 Å². The van der Waals surface area contributed by atoms with Crippen molar-refractivity contribution < 1.29 is 9.53 Å². The number of carbonyl (C=O) groups is 1. The highest BCUT2D eigenvalue weighted by Crippen LogP contribution is 2.13. The van der Waals surface area contributed by atoms with Crippen molar-refractivity contribution in [3.8, 4) is 5.75 Å². The van der Waals surface area contributed by atoms with Crippen LogP contribution in [0.2, 0.25) is 0 Å². The van der Waals surface area contributed by atoms with Crippen LogP contribution in [-0.2, 0) is 11.3 Å². The first kappa shape index (κ1) is 17.0. The number of benzene rings is 2. The number of hydrogen-bond acceptors (Lipinski definition) is 3. The van der Waals surface area contributed by atoms with Gasteiger partial charge in [-0.05, 0) is 48.9 Å². The van der Waals surface area contributed by atoms with Gasteiger partial charge in [-0.1, -0.05) is 31.2 Å². The van der Waals surface area contributed by atoms with Gasteiger partial charge in [-0.25, -0.2) is 0 Å². The molecule has 4 heteroatoms. The lowest BCUT2D eigenvalue weighted by Crippen LogP contribution is -2.16. The van der Waals surface area contributed by atoms with E-state index in [1.54, 1.807) is 0 Å². The van der Waals surface area contributed by atoms with Gasteiger partial charge in [-0.15, -0.1) is 0 Å². The minimum atomic E-state index is -0.0433. The molecule has 2 aromatic carbocycles. The summed E-state index contributed by atoms with van der Waals surface area (Å²) >= 11 is 0. The molecular formula is C19H24N2O2. The summed E-state index contributed by atoms with van der Waals surface area (Å²) in [5.74, 6) is 0.753. The summed E-state index contributed by atoms with van der Waals surface area (Å²) in [6.07, 6.45) is 0.325. The van der Waals surface area contributed by atoms with Crippen LogP contribution in [0.5, 0.6) is 5.75 Å². The molecule has 0 heterocycles. The lowest BCUT2D eigenvalue weighted by molar-refractivity contribution is -0.116. The van der Waals surface area contributed by atoms with Crippen molar-refractivity contribution in [2.24, 2.45) is 0 Å². The molecule has 2 N–H and O–H groups in total. The fourth-order valence-electron chi connectivity index (χ4n) is 2.22. The fraction of sp³-hybridized carbons (Fsp3) is 0.316. The molecule has 0 aliphatic carbocycles. The van der Waals surface area contributed by atoms with E-state index in [1.165, 1.54) is 0 Å². The first-order valence-electron chi connectivity index (χ1n) is 7.96. The summed E-state index contributed by atoms with van der Waals surface area (Å²) in [6.45, 7) is 6.18. The molecule has 122 valence electrons. The Morgan fingerprint density at radius 2 is 1.96 bits per heavy atom. The third-order valence-electron chi connectivity index (χ3n) is 3.38. The Labute approximate surface area is 137 Å². The Kier molecular flexibility index (Phi) is 6.63. The van der Waals surface area contributed by atoms with Crippen molar-refractivity contribution in [1.29, 1.82) is 0 Å². The number of aryl methyl sites for hydroxylation is 1. The van der Waals surface area contributed by atoms with Gasteiger partial charge in [-0.3, -0.25) is 4.79 Å². The minimum absolute atomic E-state index is 0.0433. The van der Waals surface area contributed by atoms with Crippen molar-refractivity contribution >= 4 is 11.6 Å². The lowest BCUT2D eigenvalue weighted by atomic mass is 10.2. The van der Waals surface area contributed by atoms with Gasteiger partial charge in [0.1, 0.15) is 5.75 Å². The maximum atomic E-state index is 12.0. The molecule has 2 rings (SSSR count). The molecule has 0 saturated heterocycles. The standard InChI is InChI=1S/C19H24N2O2/c1-3-20-14-16-7-5-8-17(13-16)21-19(22)10-11-23-18-9-4-6-15(2)12-18/h4-9,12-13,20H,3,10-11,14H2,1-2H3,(H,21,22). The number of amides is 1. The van der Waals surface area contributed by atoms with E-state index in [0.717, 1.165) is 35.7 Å². The van der Waals surface area contributed by atoms with Crippen molar-refractivity contribution in [1.82, 2.24) is 5.32 Å². The first-order chi connectivity index (χ1) is 11.2. The van der Waals surface area contributed by atoms with Gasteiger partial charge >= 0.3 is 0 Å². The van der Waals surface area contributed by atoms with E-state index >= 15 is 0 Å². The fourth-order valence-corrected chi connectivity index (χ4v) is 2.22. The summed E-state index contributed by atoms with van der Waals surface area (Å²) in [6, 6.07) is 15.7. The Hall–Kier alpha value is -2.33. The van der Waals surface area contributed by atoms with E-state index < -0.39 is 0 Å². The molecule has 0 aliphatic rings. The van der Waals surface area contributed by atoms with Crippen LogP contribution in [0.1, 0.15) is 24.5 Å². The van der Waals surface area contributed by atoms with Gasteiger partial charge in [-0.2, -0.15) is 0 Å². The summed E-state index contributed by atoms with van der Waals surface area (Å²) in [5.41, 5.74) is 3.12. The van der Waals surface area contributed by atoms with E-state index in [0.29, 0.717) is 13.0 Å². The zero-order valence-electron chi connectivity index (χ0n) is 13.8. The summed E-state index contributed by atoms with van der Waals surface area (Å²) < 4.78 is 5.60. The van der Waals surface area contributed by atoms with Crippen LogP contribution in [0.3, 0.4) is 0 Å². The van der Waals surface area contributed by atoms with Crippen LogP contribution in [0.4, 0.5) is 5.69 Å². The molecule has 0 saturated carbocycles. The highest BCUT2D eigenvalue weighted by Gasteiger charge is 2.04. The monoisotopic (exact) mass is 312 g/mol. The van der Waals surface area contributed by atoms with Crippen LogP contribution < -0.4 is 15.4 Å². The Bertz CT molecular complexity index is 641. The van der Waals surface area contributed by atoms with Gasteiger partial charge in [0, 0.05) is 12.2 Å². The normalized spacial score (nSPS) is 10.3. The SMILES string of the molecule is CCNCc1cccc(NC(=O)CCOc2cccc(C)c2)c1. The molecule has 0 bridgehead atoms. The molecule has 4 nitrogen and oxygen atoms in total. The first-order valence-corrected chi connectivity index (χ1v) is 7.96. The molecule has 0 spiro atoms. The number of ether oxygens (including phenoxy) is 1. The lowest BCUT2D eigenvalue weighted by Gasteiger charge is -2.09. The second kappa shape index (κ2) is 8.96. The molecule has 0 aromatic heterocycles. The van der Waals surface area contributed by atoms with Crippen LogP contribution in [0.15, 0.2) is 48.5 Å². The average molecular weight is 312 g/mol. The number of nitrogens with one attached hydrogen (secondary N) is 2. The quantitative estimate of drug-likeness (QED) is 0.784. The van der Waals surface area contributed by atoms with Gasteiger partial charge in [0.2, 0.25) is 5.91 Å². The zero-order valence-corrected chi connectivity index (χ0v) is 13.8. The topological polar surface area (TPSA) is 50.4 Å². The second-order valence-electron chi connectivity index (χ2n) is 5.44. The van der Waals surface area contributed by atoms with E-state index in [4.69, 9.17) is 4.74 Å². The van der Waals surface area contributed by atoms with E-state index in [1.807, 2.05) is 55.5 Å². The van der Waals surface area contributed by atoms with E-state index in [9.17, 15) is 4.79 Å². The summed E-state index contributed by atoms with van der Waals surface area (Å²) in [5, 5.41) is 6.18. The molecule has 2 aromatic rings. The predicted molar refractivity (Wildman–Crippen MR) is 93.7 cm³/mol. The number of anilines is 1. The van der Waals surface area contributed by atoms with Crippen molar-refractivity contribution in [2.75, 3.05) is 18.5 Å². The molecule has 0 radical (unpaired) electrons. The molecule has 23 heavy (non-hydrogen) atoms. The maximum absolute atomic E-state index is 12.0. The summed E-state index contributed by atoms with van der Waals surface area (Å²) in [7, 11) is 0. The van der Waals surface area contributed by atoms with Crippen molar-refractivity contribution in [3.05, 3.63) is 59.7 Å². The third-order valence-corrected chi connectivity index (χ3v) is 3.38. The predicted octanol–water partition coefficient (Wildman–Crippen LogP) is 3.51. The molecule has 0 atom stereocenters. The van der Waals surface area contributed by atoms with Crippen LogP contribution >= 0.6 is 0 Å². The van der Waals surface area contributed by atoms with Gasteiger partial charge < -0.3 is 15.4 Å². The minimum Gasteiger partial charge on any atom is -0.493 e. The molecule has 0 fully saturated rings. The number of hydrogen-bond donors (Lipinski definition) is 2. The van der Waals surface area contributed by atoms with Crippen molar-refractivity contribution in [2.45, 2.75) is 26.8 Å². The highest BCUT2D eigenvalue weighted by atomic mass is 16.5. The van der Waals surface area contributed by atoms with E-state index in [2.05, 4.69) is 17.6 Å². The number of carbonyl (C=O) groups excluding carboxylic acids is 1.